The normalized spacial score (nSPS) is 21.1. The first-order valence-electron chi connectivity index (χ1n) is 13.8. The molecule has 2 heterocycles. The lowest BCUT2D eigenvalue weighted by atomic mass is 9.82. The number of anilines is 1. The molecule has 1 amide bonds. The molecule has 1 aromatic heterocycles. The van der Waals surface area contributed by atoms with Crippen molar-refractivity contribution in [2.24, 2.45) is 5.41 Å². The van der Waals surface area contributed by atoms with Crippen molar-refractivity contribution in [3.63, 3.8) is 0 Å². The molecule has 2 aromatic rings. The van der Waals surface area contributed by atoms with Crippen LogP contribution in [0.15, 0.2) is 41.4 Å². The zero-order valence-electron chi connectivity index (χ0n) is 22.3. The predicted octanol–water partition coefficient (Wildman–Crippen LogP) is 5.43. The summed E-state index contributed by atoms with van der Waals surface area (Å²) < 4.78 is 48.3. The molecule has 0 radical (unpaired) electrons. The van der Waals surface area contributed by atoms with Crippen LogP contribution in [0, 0.1) is 12.3 Å². The predicted molar refractivity (Wildman–Crippen MR) is 145 cm³/mol. The van der Waals surface area contributed by atoms with Crippen molar-refractivity contribution < 1.29 is 22.3 Å². The average Bonchev–Trinajstić information content (AvgIpc) is 3.70. The van der Waals surface area contributed by atoms with Gasteiger partial charge in [-0.25, -0.2) is 9.71 Å². The fraction of sp³-hybridized carbons (Fsp3) is 0.586. The van der Waals surface area contributed by atoms with Crippen LogP contribution in [0.3, 0.4) is 0 Å². The number of benzene rings is 1. The van der Waals surface area contributed by atoms with Gasteiger partial charge >= 0.3 is 0 Å². The summed E-state index contributed by atoms with van der Waals surface area (Å²) in [5.41, 5.74) is 0.609. The van der Waals surface area contributed by atoms with Crippen LogP contribution in [0.5, 0.6) is 5.75 Å². The molecule has 1 N–H and O–H groups in total. The van der Waals surface area contributed by atoms with E-state index in [0.29, 0.717) is 56.3 Å². The van der Waals surface area contributed by atoms with Crippen molar-refractivity contribution in [3.8, 4) is 5.75 Å². The van der Waals surface area contributed by atoms with Crippen molar-refractivity contribution >= 4 is 21.7 Å². The molecule has 1 aromatic carbocycles. The maximum absolute atomic E-state index is 13.3. The van der Waals surface area contributed by atoms with Crippen LogP contribution in [0.25, 0.3) is 0 Å². The lowest BCUT2D eigenvalue weighted by Crippen LogP contribution is -2.44. The first kappa shape index (κ1) is 26.9. The molecule has 0 unspecified atom stereocenters. The van der Waals surface area contributed by atoms with Gasteiger partial charge in [-0.15, -0.1) is 0 Å². The van der Waals surface area contributed by atoms with E-state index >= 15 is 0 Å². The van der Waals surface area contributed by atoms with Crippen LogP contribution in [0.1, 0.15) is 81.8 Å². The van der Waals surface area contributed by atoms with E-state index in [-0.39, 0.29) is 17.1 Å². The third kappa shape index (κ3) is 5.67. The number of sulfonamides is 1. The highest BCUT2D eigenvalue weighted by Crippen LogP contribution is 2.45. The summed E-state index contributed by atoms with van der Waals surface area (Å²) in [5, 5.41) is -0.212. The molecule has 1 saturated heterocycles. The Morgan fingerprint density at radius 1 is 1.11 bits per heavy atom. The third-order valence-corrected chi connectivity index (χ3v) is 9.70. The lowest BCUT2D eigenvalue weighted by molar-refractivity contribution is -0.128. The van der Waals surface area contributed by atoms with E-state index < -0.39 is 21.5 Å². The Balaban J connectivity index is 1.30. The SMILES string of the molecule is Cc1ccc(C2CCCCC2)c(OC2(C(=O)NS(=O)(=O)c3cccc(N4CCC(C)(CF)CC4)n3)CC2)c1. The minimum absolute atomic E-state index is 0.212. The molecule has 3 aliphatic rings. The minimum atomic E-state index is -4.20. The number of hydrogen-bond donors (Lipinski definition) is 1. The van der Waals surface area contributed by atoms with Gasteiger partial charge in [0.15, 0.2) is 10.6 Å². The molecule has 0 bridgehead atoms. The van der Waals surface area contributed by atoms with Crippen LogP contribution in [0.4, 0.5) is 10.2 Å². The van der Waals surface area contributed by atoms with Crippen LogP contribution < -0.4 is 14.4 Å². The first-order chi connectivity index (χ1) is 18.1. The minimum Gasteiger partial charge on any atom is -0.477 e. The summed E-state index contributed by atoms with van der Waals surface area (Å²) in [5.74, 6) is 0.937. The molecule has 1 aliphatic heterocycles. The highest BCUT2D eigenvalue weighted by atomic mass is 32.2. The summed E-state index contributed by atoms with van der Waals surface area (Å²) in [7, 11) is -4.20. The van der Waals surface area contributed by atoms with Gasteiger partial charge in [0, 0.05) is 25.9 Å². The molecule has 2 aliphatic carbocycles. The Bertz CT molecular complexity index is 1280. The second kappa shape index (κ2) is 10.5. The van der Waals surface area contributed by atoms with Crippen LogP contribution in [0.2, 0.25) is 0 Å². The Hall–Kier alpha value is -2.68. The standard InChI is InChI=1S/C29H38FN3O4S/c1-21-11-12-23(22-7-4-3-5-8-22)24(19-21)37-29(13-14-29)27(34)32-38(35,36)26-10-6-9-25(31-26)33-17-15-28(2,20-30)16-18-33/h6,9-12,19,22H,3-5,7-8,13-18,20H2,1-2H3,(H,32,34). The summed E-state index contributed by atoms with van der Waals surface area (Å²) in [6, 6.07) is 10.9. The highest BCUT2D eigenvalue weighted by Gasteiger charge is 2.54. The third-order valence-electron chi connectivity index (χ3n) is 8.47. The van der Waals surface area contributed by atoms with Gasteiger partial charge < -0.3 is 9.64 Å². The molecular weight excluding hydrogens is 505 g/mol. The number of nitrogens with one attached hydrogen (secondary N) is 1. The molecule has 5 rings (SSSR count). The maximum atomic E-state index is 13.3. The zero-order valence-corrected chi connectivity index (χ0v) is 23.2. The maximum Gasteiger partial charge on any atom is 0.281 e. The van der Waals surface area contributed by atoms with Crippen LogP contribution in [-0.2, 0) is 14.8 Å². The van der Waals surface area contributed by atoms with Gasteiger partial charge in [0.2, 0.25) is 0 Å². The number of ether oxygens (including phenoxy) is 1. The largest absolute Gasteiger partial charge is 0.477 e. The summed E-state index contributed by atoms with van der Waals surface area (Å²) in [4.78, 5) is 19.6. The van der Waals surface area contributed by atoms with E-state index in [2.05, 4.69) is 21.8 Å². The number of amides is 1. The van der Waals surface area contributed by atoms with Gasteiger partial charge in [-0.3, -0.25) is 9.18 Å². The number of nitrogens with zero attached hydrogens (tertiary/aromatic N) is 2. The summed E-state index contributed by atoms with van der Waals surface area (Å²) in [6.45, 7) is 4.74. The van der Waals surface area contributed by atoms with E-state index in [9.17, 15) is 17.6 Å². The van der Waals surface area contributed by atoms with Crippen molar-refractivity contribution in [1.82, 2.24) is 9.71 Å². The van der Waals surface area contributed by atoms with Crippen molar-refractivity contribution in [2.45, 2.75) is 88.2 Å². The fourth-order valence-electron chi connectivity index (χ4n) is 5.59. The number of pyridine rings is 1. The number of aromatic nitrogens is 1. The molecule has 0 spiro atoms. The monoisotopic (exact) mass is 543 g/mol. The number of piperidine rings is 1. The van der Waals surface area contributed by atoms with Gasteiger partial charge in [0.1, 0.15) is 11.6 Å². The zero-order chi connectivity index (χ0) is 27.0. The number of rotatable bonds is 8. The van der Waals surface area contributed by atoms with Gasteiger partial charge in [-0.1, -0.05) is 44.4 Å². The number of halogens is 1. The van der Waals surface area contributed by atoms with Crippen molar-refractivity contribution in [3.05, 3.63) is 47.5 Å². The Morgan fingerprint density at radius 3 is 2.47 bits per heavy atom. The fourth-order valence-corrected chi connectivity index (χ4v) is 6.59. The molecule has 38 heavy (non-hydrogen) atoms. The lowest BCUT2D eigenvalue weighted by Gasteiger charge is -2.38. The van der Waals surface area contributed by atoms with E-state index in [1.807, 2.05) is 24.8 Å². The van der Waals surface area contributed by atoms with Gasteiger partial charge in [-0.2, -0.15) is 8.42 Å². The smallest absolute Gasteiger partial charge is 0.281 e. The summed E-state index contributed by atoms with van der Waals surface area (Å²) >= 11 is 0. The van der Waals surface area contributed by atoms with Crippen molar-refractivity contribution in [2.75, 3.05) is 24.7 Å². The molecule has 7 nitrogen and oxygen atoms in total. The quantitative estimate of drug-likeness (QED) is 0.478. The Labute approximate surface area is 225 Å². The van der Waals surface area contributed by atoms with Crippen LogP contribution >= 0.6 is 0 Å². The van der Waals surface area contributed by atoms with E-state index in [1.54, 1.807) is 12.1 Å². The van der Waals surface area contributed by atoms with Gasteiger partial charge in [-0.05, 0) is 73.3 Å². The number of carbonyl (C=O) groups is 1. The van der Waals surface area contributed by atoms with E-state index in [4.69, 9.17) is 4.74 Å². The molecule has 2 saturated carbocycles. The van der Waals surface area contributed by atoms with E-state index in [0.717, 1.165) is 24.0 Å². The molecular formula is C29H38FN3O4S. The number of hydrogen-bond acceptors (Lipinski definition) is 6. The average molecular weight is 544 g/mol. The van der Waals surface area contributed by atoms with Gasteiger partial charge in [0.05, 0.1) is 6.67 Å². The van der Waals surface area contributed by atoms with Gasteiger partial charge in [0.25, 0.3) is 15.9 Å². The Kier molecular flexibility index (Phi) is 7.42. The van der Waals surface area contributed by atoms with Crippen molar-refractivity contribution in [1.29, 1.82) is 0 Å². The molecule has 3 fully saturated rings. The van der Waals surface area contributed by atoms with E-state index in [1.165, 1.54) is 25.3 Å². The summed E-state index contributed by atoms with van der Waals surface area (Å²) in [6.07, 6.45) is 8.05. The molecule has 206 valence electrons. The molecule has 9 heteroatoms. The number of carbonyl (C=O) groups excluding carboxylic acids is 1. The molecule has 0 atom stereocenters. The van der Waals surface area contributed by atoms with Crippen LogP contribution in [-0.4, -0.2) is 44.7 Å². The first-order valence-corrected chi connectivity index (χ1v) is 15.3. The second-order valence-corrected chi connectivity index (χ2v) is 13.3. The Morgan fingerprint density at radius 2 is 1.82 bits per heavy atom. The highest BCUT2D eigenvalue weighted by molar-refractivity contribution is 7.90. The number of aryl methyl sites for hydroxylation is 1. The topological polar surface area (TPSA) is 88.6 Å². The number of alkyl halides is 1. The second-order valence-electron chi connectivity index (χ2n) is 11.7.